The zero-order valence-electron chi connectivity index (χ0n) is 13.4. The molecule has 3 fully saturated rings. The van der Waals surface area contributed by atoms with Crippen molar-refractivity contribution in [2.75, 3.05) is 58.2 Å². The highest BCUT2D eigenvalue weighted by Gasteiger charge is 2.32. The standard InChI is InChI=1S/C16H21ClN4O3/c17-12-7-11(14-15(13(12)18)24-6-5-23-14)16(22)19-8-10-9-20-1-3-21(10)4-2-20/h7,10H,1-6,8-9,18H2,(H,19,22). The molecule has 5 rings (SSSR count). The van der Waals surface area contributed by atoms with Gasteiger partial charge >= 0.3 is 0 Å². The van der Waals surface area contributed by atoms with Crippen LogP contribution in [0.3, 0.4) is 0 Å². The number of ether oxygens (including phenoxy) is 2. The molecule has 3 N–H and O–H groups in total. The minimum Gasteiger partial charge on any atom is -0.485 e. The number of nitrogens with one attached hydrogen (secondary N) is 1. The Morgan fingerprint density at radius 1 is 1.25 bits per heavy atom. The first-order valence-electron chi connectivity index (χ1n) is 8.25. The van der Waals surface area contributed by atoms with Crippen LogP contribution in [0, 0.1) is 0 Å². The molecule has 7 nitrogen and oxygen atoms in total. The number of piperazine rings is 3. The second kappa shape index (κ2) is 6.31. The smallest absolute Gasteiger partial charge is 0.255 e. The summed E-state index contributed by atoms with van der Waals surface area (Å²) in [5.74, 6) is 0.539. The third kappa shape index (κ3) is 2.76. The van der Waals surface area contributed by atoms with Gasteiger partial charge in [-0.05, 0) is 6.07 Å². The van der Waals surface area contributed by atoms with Gasteiger partial charge in [-0.25, -0.2) is 0 Å². The van der Waals surface area contributed by atoms with Crippen molar-refractivity contribution in [2.24, 2.45) is 0 Å². The normalized spacial score (nSPS) is 27.8. The van der Waals surface area contributed by atoms with Gasteiger partial charge in [0.1, 0.15) is 13.2 Å². The number of fused-ring (bicyclic) bond motifs is 4. The molecule has 0 aromatic heterocycles. The number of hydrogen-bond acceptors (Lipinski definition) is 6. The molecule has 3 saturated heterocycles. The second-order valence-electron chi connectivity index (χ2n) is 6.38. The predicted molar refractivity (Wildman–Crippen MR) is 91.0 cm³/mol. The predicted octanol–water partition coefficient (Wildman–Crippen LogP) is 0.423. The first-order chi connectivity index (χ1) is 11.6. The van der Waals surface area contributed by atoms with Gasteiger partial charge in [0, 0.05) is 45.3 Å². The molecule has 4 aliphatic heterocycles. The molecule has 4 aliphatic rings. The van der Waals surface area contributed by atoms with E-state index in [2.05, 4.69) is 15.1 Å². The monoisotopic (exact) mass is 352 g/mol. The molecule has 0 aliphatic carbocycles. The number of carbonyl (C=O) groups is 1. The first-order valence-corrected chi connectivity index (χ1v) is 8.63. The number of nitrogen functional groups attached to an aromatic ring is 1. The van der Waals surface area contributed by atoms with Gasteiger partial charge in [0.25, 0.3) is 5.91 Å². The Balaban J connectivity index is 1.49. The van der Waals surface area contributed by atoms with Gasteiger partial charge in [-0.15, -0.1) is 0 Å². The lowest BCUT2D eigenvalue weighted by Gasteiger charge is -2.47. The third-order valence-corrected chi connectivity index (χ3v) is 5.25. The Hall–Kier alpha value is -1.70. The minimum atomic E-state index is -0.212. The summed E-state index contributed by atoms with van der Waals surface area (Å²) in [5, 5.41) is 3.31. The highest BCUT2D eigenvalue weighted by Crippen LogP contribution is 2.43. The average Bonchev–Trinajstić information content (AvgIpc) is 2.64. The first kappa shape index (κ1) is 15.8. The Morgan fingerprint density at radius 2 is 1.96 bits per heavy atom. The fourth-order valence-corrected chi connectivity index (χ4v) is 3.78. The molecule has 24 heavy (non-hydrogen) atoms. The van der Waals surface area contributed by atoms with Gasteiger partial charge in [-0.1, -0.05) is 11.6 Å². The van der Waals surface area contributed by atoms with Gasteiger partial charge in [-0.3, -0.25) is 14.6 Å². The van der Waals surface area contributed by atoms with E-state index in [-0.39, 0.29) is 5.91 Å². The Kier molecular flexibility index (Phi) is 4.15. The van der Waals surface area contributed by atoms with Gasteiger partial charge in [-0.2, -0.15) is 0 Å². The summed E-state index contributed by atoms with van der Waals surface area (Å²) in [6.45, 7) is 6.77. The number of anilines is 1. The maximum atomic E-state index is 12.7. The lowest BCUT2D eigenvalue weighted by atomic mass is 10.1. The van der Waals surface area contributed by atoms with Crippen LogP contribution in [0.25, 0.3) is 0 Å². The summed E-state index contributed by atoms with van der Waals surface area (Å²) in [6.07, 6.45) is 0. The lowest BCUT2D eigenvalue weighted by molar-refractivity contribution is 0.0138. The molecule has 130 valence electrons. The average molecular weight is 353 g/mol. The number of hydrogen-bond donors (Lipinski definition) is 2. The quantitative estimate of drug-likeness (QED) is 0.768. The van der Waals surface area contributed by atoms with Crippen LogP contribution in [0.5, 0.6) is 11.5 Å². The SMILES string of the molecule is Nc1c(Cl)cc(C(=O)NCC2CN3CCN2CC3)c2c1OCCO2. The number of benzene rings is 1. The number of rotatable bonds is 3. The van der Waals surface area contributed by atoms with Crippen LogP contribution < -0.4 is 20.5 Å². The fourth-order valence-electron chi connectivity index (χ4n) is 3.59. The summed E-state index contributed by atoms with van der Waals surface area (Å²) >= 11 is 6.14. The number of amides is 1. The van der Waals surface area contributed by atoms with E-state index in [9.17, 15) is 4.79 Å². The van der Waals surface area contributed by atoms with Crippen molar-refractivity contribution >= 4 is 23.2 Å². The Labute approximate surface area is 145 Å². The molecule has 0 saturated carbocycles. The van der Waals surface area contributed by atoms with Crippen molar-refractivity contribution in [1.29, 1.82) is 0 Å². The lowest BCUT2D eigenvalue weighted by Crippen LogP contribution is -2.63. The topological polar surface area (TPSA) is 80.1 Å². The molecule has 1 aromatic rings. The molecule has 2 bridgehead atoms. The van der Waals surface area contributed by atoms with Crippen LogP contribution in [0.1, 0.15) is 10.4 Å². The molecule has 1 unspecified atom stereocenters. The van der Waals surface area contributed by atoms with E-state index >= 15 is 0 Å². The molecular formula is C16H21ClN4O3. The van der Waals surface area contributed by atoms with Gasteiger partial charge in [0.05, 0.1) is 16.3 Å². The molecular weight excluding hydrogens is 332 g/mol. The van der Waals surface area contributed by atoms with Crippen molar-refractivity contribution in [3.8, 4) is 11.5 Å². The van der Waals surface area contributed by atoms with Crippen LogP contribution in [-0.2, 0) is 0 Å². The largest absolute Gasteiger partial charge is 0.485 e. The van der Waals surface area contributed by atoms with Crippen molar-refractivity contribution in [3.63, 3.8) is 0 Å². The molecule has 8 heteroatoms. The molecule has 0 spiro atoms. The van der Waals surface area contributed by atoms with Crippen LogP contribution in [0.2, 0.25) is 5.02 Å². The Morgan fingerprint density at radius 3 is 2.62 bits per heavy atom. The van der Waals surface area contributed by atoms with E-state index in [1.807, 2.05) is 0 Å². The maximum Gasteiger partial charge on any atom is 0.255 e. The van der Waals surface area contributed by atoms with E-state index in [1.54, 1.807) is 6.07 Å². The summed E-state index contributed by atoms with van der Waals surface area (Å²) in [4.78, 5) is 17.5. The zero-order valence-corrected chi connectivity index (χ0v) is 14.1. The van der Waals surface area contributed by atoms with E-state index in [0.29, 0.717) is 53.6 Å². The van der Waals surface area contributed by atoms with E-state index in [0.717, 1.165) is 32.7 Å². The van der Waals surface area contributed by atoms with Gasteiger partial charge in [0.15, 0.2) is 11.5 Å². The Bertz CT molecular complexity index is 661. The molecule has 4 heterocycles. The summed E-state index contributed by atoms with van der Waals surface area (Å²) in [6, 6.07) is 1.91. The van der Waals surface area contributed by atoms with Crippen molar-refractivity contribution < 1.29 is 14.3 Å². The second-order valence-corrected chi connectivity index (χ2v) is 6.78. The zero-order chi connectivity index (χ0) is 16.7. The summed E-state index contributed by atoms with van der Waals surface area (Å²) < 4.78 is 11.1. The molecule has 1 atom stereocenters. The van der Waals surface area contributed by atoms with Gasteiger partial charge in [0.2, 0.25) is 0 Å². The third-order valence-electron chi connectivity index (χ3n) is 4.94. The summed E-state index contributed by atoms with van der Waals surface area (Å²) in [5.41, 5.74) is 6.61. The molecule has 1 aromatic carbocycles. The van der Waals surface area contributed by atoms with Gasteiger partial charge < -0.3 is 20.5 Å². The van der Waals surface area contributed by atoms with Crippen molar-refractivity contribution in [3.05, 3.63) is 16.7 Å². The van der Waals surface area contributed by atoms with Crippen molar-refractivity contribution in [1.82, 2.24) is 15.1 Å². The fraction of sp³-hybridized carbons (Fsp3) is 0.562. The van der Waals surface area contributed by atoms with Crippen LogP contribution in [0.15, 0.2) is 6.07 Å². The minimum absolute atomic E-state index is 0.212. The summed E-state index contributed by atoms with van der Waals surface area (Å²) in [7, 11) is 0. The molecule has 0 radical (unpaired) electrons. The molecule has 1 amide bonds. The number of nitrogens with zero attached hydrogens (tertiary/aromatic N) is 2. The van der Waals surface area contributed by atoms with E-state index in [4.69, 9.17) is 26.8 Å². The number of nitrogens with two attached hydrogens (primary N) is 1. The van der Waals surface area contributed by atoms with Crippen LogP contribution in [-0.4, -0.2) is 74.2 Å². The highest BCUT2D eigenvalue weighted by atomic mass is 35.5. The van der Waals surface area contributed by atoms with Crippen molar-refractivity contribution in [2.45, 2.75) is 6.04 Å². The van der Waals surface area contributed by atoms with Crippen LogP contribution >= 0.6 is 11.6 Å². The van der Waals surface area contributed by atoms with Crippen LogP contribution in [0.4, 0.5) is 5.69 Å². The highest BCUT2D eigenvalue weighted by molar-refractivity contribution is 6.34. The maximum absolute atomic E-state index is 12.7. The van der Waals surface area contributed by atoms with E-state index < -0.39 is 0 Å². The van der Waals surface area contributed by atoms with E-state index in [1.165, 1.54) is 0 Å². The number of halogens is 1. The number of carbonyl (C=O) groups excluding carboxylic acids is 1.